The molecule has 1 aliphatic heterocycles. The van der Waals surface area contributed by atoms with Crippen molar-refractivity contribution in [1.82, 2.24) is 14.8 Å². The van der Waals surface area contributed by atoms with E-state index in [0.717, 1.165) is 29.2 Å². The highest BCUT2D eigenvalue weighted by molar-refractivity contribution is 7.13. The monoisotopic (exact) mass is 397 g/mol. The van der Waals surface area contributed by atoms with Crippen LogP contribution in [-0.2, 0) is 0 Å². The lowest BCUT2D eigenvalue weighted by Crippen LogP contribution is -2.49. The van der Waals surface area contributed by atoms with Gasteiger partial charge in [0.1, 0.15) is 10.7 Å². The van der Waals surface area contributed by atoms with E-state index < -0.39 is 0 Å². The minimum Gasteiger partial charge on any atom is -0.328 e. The topological polar surface area (TPSA) is 36.4 Å². The minimum absolute atomic E-state index is 0.00610. The summed E-state index contributed by atoms with van der Waals surface area (Å²) in [6, 6.07) is 17.8. The maximum atomic E-state index is 13.2. The molecular formula is C21H20ClN3OS. The molecule has 4 nitrogen and oxygen atoms in total. The van der Waals surface area contributed by atoms with Crippen molar-refractivity contribution in [1.29, 1.82) is 0 Å². The Morgan fingerprint density at radius 2 is 1.85 bits per heavy atom. The van der Waals surface area contributed by atoms with Crippen LogP contribution in [0.25, 0.3) is 10.6 Å². The number of carbonyl (C=O) groups excluding carboxylic acids is 1. The van der Waals surface area contributed by atoms with Gasteiger partial charge in [-0.2, -0.15) is 0 Å². The van der Waals surface area contributed by atoms with Gasteiger partial charge in [0.15, 0.2) is 0 Å². The van der Waals surface area contributed by atoms with E-state index in [-0.39, 0.29) is 11.9 Å². The van der Waals surface area contributed by atoms with Crippen molar-refractivity contribution in [3.63, 3.8) is 0 Å². The second kappa shape index (κ2) is 7.80. The third-order valence-electron chi connectivity index (χ3n) is 4.84. The normalized spacial score (nSPS) is 17.9. The number of hydrogen-bond acceptors (Lipinski definition) is 4. The summed E-state index contributed by atoms with van der Waals surface area (Å²) in [6.45, 7) is 2.38. The molecule has 0 radical (unpaired) electrons. The third-order valence-corrected chi connectivity index (χ3v) is 5.99. The standard InChI is InChI=1S/C21H20ClN3OS/c1-24-11-12-25(19(13-24)15-5-3-2-4-6-15)21(26)18-14-27-20(23-18)16-7-9-17(22)10-8-16/h2-10,14,19H,11-13H2,1H3/t19-/m0/s1. The quantitative estimate of drug-likeness (QED) is 0.648. The first-order chi connectivity index (χ1) is 13.1. The summed E-state index contributed by atoms with van der Waals surface area (Å²) in [4.78, 5) is 22.0. The highest BCUT2D eigenvalue weighted by atomic mass is 35.5. The number of carbonyl (C=O) groups is 1. The first-order valence-corrected chi connectivity index (χ1v) is 10.1. The predicted octanol–water partition coefficient (Wildman–Crippen LogP) is 4.59. The maximum absolute atomic E-state index is 13.2. The number of hydrogen-bond donors (Lipinski definition) is 0. The molecule has 1 amide bonds. The third kappa shape index (κ3) is 3.90. The van der Waals surface area contributed by atoms with Crippen LogP contribution in [0.15, 0.2) is 60.0 Å². The highest BCUT2D eigenvalue weighted by Gasteiger charge is 2.31. The van der Waals surface area contributed by atoms with E-state index in [1.807, 2.05) is 52.7 Å². The van der Waals surface area contributed by atoms with E-state index in [9.17, 15) is 4.79 Å². The molecule has 0 bridgehead atoms. The van der Waals surface area contributed by atoms with Crippen LogP contribution in [0.1, 0.15) is 22.1 Å². The van der Waals surface area contributed by atoms with Crippen LogP contribution in [0.5, 0.6) is 0 Å². The molecule has 0 aliphatic carbocycles. The fourth-order valence-corrected chi connectivity index (χ4v) is 4.29. The van der Waals surface area contributed by atoms with Crippen LogP contribution >= 0.6 is 22.9 Å². The number of rotatable bonds is 3. The summed E-state index contributed by atoms with van der Waals surface area (Å²) < 4.78 is 0. The summed E-state index contributed by atoms with van der Waals surface area (Å²) in [7, 11) is 2.10. The van der Waals surface area contributed by atoms with Crippen molar-refractivity contribution < 1.29 is 4.79 Å². The van der Waals surface area contributed by atoms with E-state index in [0.29, 0.717) is 17.3 Å². The molecule has 2 heterocycles. The van der Waals surface area contributed by atoms with Crippen molar-refractivity contribution >= 4 is 28.8 Å². The number of piperazine rings is 1. The van der Waals surface area contributed by atoms with Crippen molar-refractivity contribution in [2.75, 3.05) is 26.7 Å². The fraction of sp³-hybridized carbons (Fsp3) is 0.238. The maximum Gasteiger partial charge on any atom is 0.273 e. The molecule has 0 unspecified atom stereocenters. The van der Waals surface area contributed by atoms with Gasteiger partial charge in [-0.25, -0.2) is 4.98 Å². The summed E-state index contributed by atoms with van der Waals surface area (Å²) in [5.74, 6) is -0.00610. The molecule has 1 fully saturated rings. The molecule has 1 saturated heterocycles. The van der Waals surface area contributed by atoms with Crippen LogP contribution < -0.4 is 0 Å². The van der Waals surface area contributed by atoms with E-state index in [2.05, 4.69) is 29.1 Å². The number of likely N-dealkylation sites (N-methyl/N-ethyl adjacent to an activating group) is 1. The number of aromatic nitrogens is 1. The number of nitrogens with zero attached hydrogens (tertiary/aromatic N) is 3. The Bertz CT molecular complexity index is 926. The Balaban J connectivity index is 1.60. The summed E-state index contributed by atoms with van der Waals surface area (Å²) in [6.07, 6.45) is 0. The summed E-state index contributed by atoms with van der Waals surface area (Å²) in [5.41, 5.74) is 2.64. The summed E-state index contributed by atoms with van der Waals surface area (Å²) >= 11 is 7.45. The Hall–Kier alpha value is -2.21. The van der Waals surface area contributed by atoms with E-state index in [1.165, 1.54) is 11.3 Å². The zero-order valence-corrected chi connectivity index (χ0v) is 16.6. The van der Waals surface area contributed by atoms with Gasteiger partial charge in [0.05, 0.1) is 6.04 Å². The molecule has 0 N–H and O–H groups in total. The number of amides is 1. The second-order valence-corrected chi connectivity index (χ2v) is 8.03. The first kappa shape index (κ1) is 18.2. The first-order valence-electron chi connectivity index (χ1n) is 8.88. The molecule has 27 heavy (non-hydrogen) atoms. The van der Waals surface area contributed by atoms with Gasteiger partial charge < -0.3 is 9.80 Å². The van der Waals surface area contributed by atoms with Crippen LogP contribution in [0.2, 0.25) is 5.02 Å². The zero-order chi connectivity index (χ0) is 18.8. The molecule has 1 aromatic heterocycles. The molecule has 0 saturated carbocycles. The summed E-state index contributed by atoms with van der Waals surface area (Å²) in [5, 5.41) is 3.38. The number of thiazole rings is 1. The zero-order valence-electron chi connectivity index (χ0n) is 15.0. The average Bonchev–Trinajstić information content (AvgIpc) is 3.19. The lowest BCUT2D eigenvalue weighted by atomic mass is 10.0. The van der Waals surface area contributed by atoms with E-state index in [1.54, 1.807) is 0 Å². The lowest BCUT2D eigenvalue weighted by Gasteiger charge is -2.40. The van der Waals surface area contributed by atoms with Crippen molar-refractivity contribution in [3.05, 3.63) is 76.3 Å². The van der Waals surface area contributed by atoms with Gasteiger partial charge in [-0.3, -0.25) is 4.79 Å². The molecule has 1 aliphatic rings. The second-order valence-electron chi connectivity index (χ2n) is 6.73. The van der Waals surface area contributed by atoms with Crippen molar-refractivity contribution in [2.45, 2.75) is 6.04 Å². The molecule has 6 heteroatoms. The van der Waals surface area contributed by atoms with Crippen LogP contribution in [0, 0.1) is 0 Å². The molecule has 2 aromatic carbocycles. The van der Waals surface area contributed by atoms with Gasteiger partial charge in [0.2, 0.25) is 0 Å². The molecular weight excluding hydrogens is 378 g/mol. The predicted molar refractivity (Wildman–Crippen MR) is 110 cm³/mol. The van der Waals surface area contributed by atoms with Gasteiger partial charge in [-0.15, -0.1) is 11.3 Å². The highest BCUT2D eigenvalue weighted by Crippen LogP contribution is 2.29. The average molecular weight is 398 g/mol. The SMILES string of the molecule is CN1CCN(C(=O)c2csc(-c3ccc(Cl)cc3)n2)[C@H](c2ccccc2)C1. The van der Waals surface area contributed by atoms with E-state index in [4.69, 9.17) is 11.6 Å². The fourth-order valence-electron chi connectivity index (χ4n) is 3.37. The Morgan fingerprint density at radius 1 is 1.11 bits per heavy atom. The Kier molecular flexibility index (Phi) is 5.25. The minimum atomic E-state index is -0.00610. The molecule has 1 atom stereocenters. The number of halogens is 1. The van der Waals surface area contributed by atoms with Crippen LogP contribution in [0.4, 0.5) is 0 Å². The molecule has 3 aromatic rings. The van der Waals surface area contributed by atoms with Gasteiger partial charge >= 0.3 is 0 Å². The molecule has 138 valence electrons. The van der Waals surface area contributed by atoms with Crippen molar-refractivity contribution in [3.8, 4) is 10.6 Å². The Morgan fingerprint density at radius 3 is 2.59 bits per heavy atom. The van der Waals surface area contributed by atoms with Crippen LogP contribution in [-0.4, -0.2) is 47.4 Å². The lowest BCUT2D eigenvalue weighted by molar-refractivity contribution is 0.0493. The smallest absolute Gasteiger partial charge is 0.273 e. The van der Waals surface area contributed by atoms with Gasteiger partial charge in [0.25, 0.3) is 5.91 Å². The van der Waals surface area contributed by atoms with E-state index >= 15 is 0 Å². The number of benzene rings is 2. The molecule has 4 rings (SSSR count). The van der Waals surface area contributed by atoms with Gasteiger partial charge in [-0.05, 0) is 24.7 Å². The van der Waals surface area contributed by atoms with Gasteiger partial charge in [-0.1, -0.05) is 54.1 Å². The Labute approximate surface area is 168 Å². The van der Waals surface area contributed by atoms with Crippen LogP contribution in [0.3, 0.4) is 0 Å². The van der Waals surface area contributed by atoms with Gasteiger partial charge in [0, 0.05) is 35.6 Å². The largest absolute Gasteiger partial charge is 0.328 e. The molecule has 0 spiro atoms. The van der Waals surface area contributed by atoms with Crippen molar-refractivity contribution in [2.24, 2.45) is 0 Å².